The average molecular weight is 324 g/mol. The van der Waals surface area contributed by atoms with E-state index < -0.39 is 0 Å². The van der Waals surface area contributed by atoms with Crippen molar-refractivity contribution < 1.29 is 9.18 Å². The number of carbonyl (C=O) groups is 1. The van der Waals surface area contributed by atoms with Gasteiger partial charge in [0.15, 0.2) is 5.82 Å². The molecule has 24 heavy (non-hydrogen) atoms. The van der Waals surface area contributed by atoms with E-state index in [9.17, 15) is 9.18 Å². The zero-order valence-corrected chi connectivity index (χ0v) is 13.2. The van der Waals surface area contributed by atoms with Crippen LogP contribution in [0.5, 0.6) is 0 Å². The lowest BCUT2D eigenvalue weighted by Gasteiger charge is -2.02. The Balaban J connectivity index is 1.58. The van der Waals surface area contributed by atoms with E-state index in [0.29, 0.717) is 23.8 Å². The Morgan fingerprint density at radius 3 is 2.54 bits per heavy atom. The highest BCUT2D eigenvalue weighted by molar-refractivity contribution is 5.91. The minimum absolute atomic E-state index is 0.0573. The van der Waals surface area contributed by atoms with Gasteiger partial charge in [-0.3, -0.25) is 9.89 Å². The standard InChI is InChI=1S/C18H17FN4O/c1-12-2-4-13(5-3-12)10-16-21-17(23-22-16)11-18(24)20-15-8-6-14(19)7-9-15/h2-9H,10-11H2,1H3,(H,20,24)(H,21,22,23). The molecule has 2 N–H and O–H groups in total. The minimum Gasteiger partial charge on any atom is -0.326 e. The average Bonchev–Trinajstić information content (AvgIpc) is 2.99. The minimum atomic E-state index is -0.345. The molecule has 0 bridgehead atoms. The number of carbonyl (C=O) groups excluding carboxylic acids is 1. The first-order valence-electron chi connectivity index (χ1n) is 7.59. The SMILES string of the molecule is Cc1ccc(Cc2nc(CC(=O)Nc3ccc(F)cc3)n[nH]2)cc1. The number of hydrogen-bond acceptors (Lipinski definition) is 3. The summed E-state index contributed by atoms with van der Waals surface area (Å²) in [4.78, 5) is 16.3. The second-order valence-corrected chi connectivity index (χ2v) is 5.59. The smallest absolute Gasteiger partial charge is 0.232 e. The zero-order chi connectivity index (χ0) is 16.9. The number of aromatic nitrogens is 3. The summed E-state index contributed by atoms with van der Waals surface area (Å²) in [7, 11) is 0. The normalized spacial score (nSPS) is 10.6. The molecular formula is C18H17FN4O. The van der Waals surface area contributed by atoms with Crippen LogP contribution in [0.4, 0.5) is 10.1 Å². The predicted octanol–water partition coefficient (Wildman–Crippen LogP) is 3.02. The van der Waals surface area contributed by atoms with E-state index in [4.69, 9.17) is 0 Å². The van der Waals surface area contributed by atoms with Crippen LogP contribution in [0.2, 0.25) is 0 Å². The number of amides is 1. The fraction of sp³-hybridized carbons (Fsp3) is 0.167. The number of aryl methyl sites for hydroxylation is 1. The lowest BCUT2D eigenvalue weighted by atomic mass is 10.1. The van der Waals surface area contributed by atoms with Crippen molar-refractivity contribution in [2.45, 2.75) is 19.8 Å². The van der Waals surface area contributed by atoms with Gasteiger partial charge in [0.2, 0.25) is 5.91 Å². The summed E-state index contributed by atoms with van der Waals surface area (Å²) < 4.78 is 12.8. The third-order valence-electron chi connectivity index (χ3n) is 3.52. The highest BCUT2D eigenvalue weighted by Gasteiger charge is 2.10. The van der Waals surface area contributed by atoms with Gasteiger partial charge in [0.05, 0.1) is 6.42 Å². The van der Waals surface area contributed by atoms with Crippen LogP contribution in [0.1, 0.15) is 22.8 Å². The van der Waals surface area contributed by atoms with Crippen LogP contribution in [0.15, 0.2) is 48.5 Å². The van der Waals surface area contributed by atoms with Crippen molar-refractivity contribution in [3.8, 4) is 0 Å². The topological polar surface area (TPSA) is 70.7 Å². The Morgan fingerprint density at radius 1 is 1.12 bits per heavy atom. The molecule has 0 unspecified atom stereocenters. The number of anilines is 1. The van der Waals surface area contributed by atoms with Crippen LogP contribution >= 0.6 is 0 Å². The molecule has 1 aromatic heterocycles. The molecule has 2 aromatic carbocycles. The summed E-state index contributed by atoms with van der Waals surface area (Å²) in [5, 5.41) is 9.61. The number of hydrogen-bond donors (Lipinski definition) is 2. The summed E-state index contributed by atoms with van der Waals surface area (Å²) >= 11 is 0. The van der Waals surface area contributed by atoms with Crippen LogP contribution in [0, 0.1) is 12.7 Å². The molecule has 0 aliphatic heterocycles. The summed E-state index contributed by atoms with van der Waals surface area (Å²) in [6.07, 6.45) is 0.689. The molecule has 3 aromatic rings. The van der Waals surface area contributed by atoms with Gasteiger partial charge >= 0.3 is 0 Å². The quantitative estimate of drug-likeness (QED) is 0.758. The Hall–Kier alpha value is -3.02. The Morgan fingerprint density at radius 2 is 1.83 bits per heavy atom. The van der Waals surface area contributed by atoms with E-state index in [1.165, 1.54) is 29.8 Å². The molecule has 0 aliphatic carbocycles. The van der Waals surface area contributed by atoms with Gasteiger partial charge in [-0.1, -0.05) is 29.8 Å². The van der Waals surface area contributed by atoms with Crippen LogP contribution in [0.3, 0.4) is 0 Å². The molecule has 3 rings (SSSR count). The Labute approximate surface area is 138 Å². The number of halogens is 1. The summed E-state index contributed by atoms with van der Waals surface area (Å²) in [6, 6.07) is 13.8. The molecule has 5 nitrogen and oxygen atoms in total. The fourth-order valence-electron chi connectivity index (χ4n) is 2.27. The molecule has 1 amide bonds. The summed E-state index contributed by atoms with van der Waals surface area (Å²) in [5.41, 5.74) is 2.87. The third kappa shape index (κ3) is 4.25. The maximum absolute atomic E-state index is 12.8. The van der Waals surface area contributed by atoms with Crippen LogP contribution in [0.25, 0.3) is 0 Å². The van der Waals surface area contributed by atoms with Crippen LogP contribution in [-0.2, 0) is 17.6 Å². The van der Waals surface area contributed by atoms with Gasteiger partial charge in [-0.05, 0) is 36.8 Å². The molecule has 0 radical (unpaired) electrons. The predicted molar refractivity (Wildman–Crippen MR) is 89.1 cm³/mol. The van der Waals surface area contributed by atoms with E-state index in [1.807, 2.05) is 31.2 Å². The van der Waals surface area contributed by atoms with Crippen LogP contribution in [-0.4, -0.2) is 21.1 Å². The Bertz CT molecular complexity index is 825. The first-order valence-corrected chi connectivity index (χ1v) is 7.59. The molecule has 0 spiro atoms. The highest BCUT2D eigenvalue weighted by Crippen LogP contribution is 2.10. The van der Waals surface area contributed by atoms with Crippen molar-refractivity contribution in [1.82, 2.24) is 15.2 Å². The molecule has 0 saturated carbocycles. The van der Waals surface area contributed by atoms with Crippen molar-refractivity contribution in [3.63, 3.8) is 0 Å². The maximum Gasteiger partial charge on any atom is 0.232 e. The lowest BCUT2D eigenvalue weighted by molar-refractivity contribution is -0.115. The van der Waals surface area contributed by atoms with E-state index in [1.54, 1.807) is 0 Å². The van der Waals surface area contributed by atoms with Gasteiger partial charge in [-0.25, -0.2) is 9.37 Å². The summed E-state index contributed by atoms with van der Waals surface area (Å²) in [5.74, 6) is 0.547. The highest BCUT2D eigenvalue weighted by atomic mass is 19.1. The largest absolute Gasteiger partial charge is 0.326 e. The van der Waals surface area contributed by atoms with Crippen molar-refractivity contribution in [2.24, 2.45) is 0 Å². The van der Waals surface area contributed by atoms with Crippen molar-refractivity contribution >= 4 is 11.6 Å². The summed E-state index contributed by atoms with van der Waals surface area (Å²) in [6.45, 7) is 2.04. The van der Waals surface area contributed by atoms with Crippen LogP contribution < -0.4 is 5.32 Å². The lowest BCUT2D eigenvalue weighted by Crippen LogP contribution is -2.15. The molecular weight excluding hydrogens is 307 g/mol. The fourth-order valence-corrected chi connectivity index (χ4v) is 2.27. The molecule has 0 fully saturated rings. The monoisotopic (exact) mass is 324 g/mol. The van der Waals surface area contributed by atoms with E-state index >= 15 is 0 Å². The number of rotatable bonds is 5. The number of aromatic amines is 1. The molecule has 0 saturated heterocycles. The van der Waals surface area contributed by atoms with E-state index in [0.717, 1.165) is 5.56 Å². The van der Waals surface area contributed by atoms with Gasteiger partial charge in [-0.2, -0.15) is 5.10 Å². The van der Waals surface area contributed by atoms with Gasteiger partial charge in [0.25, 0.3) is 0 Å². The number of H-pyrrole nitrogens is 1. The number of benzene rings is 2. The van der Waals surface area contributed by atoms with Crippen molar-refractivity contribution in [2.75, 3.05) is 5.32 Å². The van der Waals surface area contributed by atoms with E-state index in [2.05, 4.69) is 20.5 Å². The van der Waals surface area contributed by atoms with Gasteiger partial charge < -0.3 is 5.32 Å². The molecule has 122 valence electrons. The third-order valence-corrected chi connectivity index (χ3v) is 3.52. The molecule has 0 atom stereocenters. The van der Waals surface area contributed by atoms with Gasteiger partial charge in [-0.15, -0.1) is 0 Å². The first-order chi connectivity index (χ1) is 11.6. The van der Waals surface area contributed by atoms with E-state index in [-0.39, 0.29) is 18.1 Å². The molecule has 6 heteroatoms. The molecule has 1 heterocycles. The first kappa shape index (κ1) is 15.9. The second kappa shape index (κ2) is 7.04. The zero-order valence-electron chi connectivity index (χ0n) is 13.2. The molecule has 0 aliphatic rings. The van der Waals surface area contributed by atoms with Crippen molar-refractivity contribution in [1.29, 1.82) is 0 Å². The van der Waals surface area contributed by atoms with Gasteiger partial charge in [0, 0.05) is 12.1 Å². The van der Waals surface area contributed by atoms with Crippen molar-refractivity contribution in [3.05, 3.63) is 77.1 Å². The number of nitrogens with one attached hydrogen (secondary N) is 2. The number of nitrogens with zero attached hydrogens (tertiary/aromatic N) is 2. The second-order valence-electron chi connectivity index (χ2n) is 5.59. The van der Waals surface area contributed by atoms with Gasteiger partial charge in [0.1, 0.15) is 11.6 Å². The maximum atomic E-state index is 12.8. The Kier molecular flexibility index (Phi) is 4.65.